The molecule has 0 saturated carbocycles. The predicted molar refractivity (Wildman–Crippen MR) is 108 cm³/mol. The molecule has 0 atom stereocenters. The highest BCUT2D eigenvalue weighted by atomic mass is 16.3. The summed E-state index contributed by atoms with van der Waals surface area (Å²) in [6.45, 7) is 0. The van der Waals surface area contributed by atoms with Crippen molar-refractivity contribution < 1.29 is 9.21 Å². The number of amides is 1. The summed E-state index contributed by atoms with van der Waals surface area (Å²) >= 11 is 0. The molecule has 0 saturated heterocycles. The monoisotopic (exact) mass is 371 g/mol. The number of hydrogen-bond donors (Lipinski definition) is 3. The van der Waals surface area contributed by atoms with Crippen molar-refractivity contribution >= 4 is 28.9 Å². The van der Waals surface area contributed by atoms with E-state index in [-0.39, 0.29) is 11.7 Å². The lowest BCUT2D eigenvalue weighted by atomic mass is 10.1. The van der Waals surface area contributed by atoms with Crippen molar-refractivity contribution in [1.29, 1.82) is 0 Å². The molecule has 0 unspecified atom stereocenters. The maximum absolute atomic E-state index is 12.0. The van der Waals surface area contributed by atoms with E-state index in [0.29, 0.717) is 17.3 Å². The molecule has 28 heavy (non-hydrogen) atoms. The Morgan fingerprint density at radius 1 is 0.964 bits per heavy atom. The van der Waals surface area contributed by atoms with E-state index >= 15 is 0 Å². The van der Waals surface area contributed by atoms with Crippen LogP contribution >= 0.6 is 0 Å². The van der Waals surface area contributed by atoms with Gasteiger partial charge in [0.05, 0.1) is 12.0 Å². The number of nitrogens with zero attached hydrogens (tertiary/aromatic N) is 2. The second-order valence-electron chi connectivity index (χ2n) is 6.02. The number of carbonyl (C=O) groups is 1. The molecule has 4 N–H and O–H groups in total. The van der Waals surface area contributed by atoms with E-state index in [1.54, 1.807) is 18.3 Å². The van der Waals surface area contributed by atoms with Crippen molar-refractivity contribution in [3.05, 3.63) is 85.0 Å². The van der Waals surface area contributed by atoms with E-state index in [4.69, 9.17) is 10.2 Å². The van der Waals surface area contributed by atoms with Crippen LogP contribution in [0.5, 0.6) is 0 Å². The third-order valence-electron chi connectivity index (χ3n) is 3.98. The number of furan rings is 1. The number of nitrogen functional groups attached to an aromatic ring is 1. The summed E-state index contributed by atoms with van der Waals surface area (Å²) < 4.78 is 5.09. The Labute approximate surface area is 161 Å². The summed E-state index contributed by atoms with van der Waals surface area (Å²) in [4.78, 5) is 20.8. The number of anilines is 4. The number of nitrogens with two attached hydrogens (primary N) is 1. The number of rotatable bonds is 5. The lowest BCUT2D eigenvalue weighted by Crippen LogP contribution is -2.10. The van der Waals surface area contributed by atoms with Gasteiger partial charge < -0.3 is 20.8 Å². The smallest absolute Gasteiger partial charge is 0.291 e. The van der Waals surface area contributed by atoms with Gasteiger partial charge in [0.15, 0.2) is 5.76 Å². The first-order chi connectivity index (χ1) is 13.7. The molecule has 138 valence electrons. The number of carbonyl (C=O) groups excluding carboxylic acids is 1. The summed E-state index contributed by atoms with van der Waals surface area (Å²) in [5.41, 5.74) is 9.59. The number of benzene rings is 2. The highest BCUT2D eigenvalue weighted by Gasteiger charge is 2.09. The molecule has 0 bridgehead atoms. The Morgan fingerprint density at radius 3 is 2.57 bits per heavy atom. The van der Waals surface area contributed by atoms with Crippen LogP contribution in [0.1, 0.15) is 10.6 Å². The van der Waals surface area contributed by atoms with Crippen LogP contribution in [0.15, 0.2) is 83.6 Å². The van der Waals surface area contributed by atoms with Gasteiger partial charge in [0.25, 0.3) is 5.91 Å². The van der Waals surface area contributed by atoms with Crippen molar-refractivity contribution in [2.24, 2.45) is 0 Å². The van der Waals surface area contributed by atoms with Gasteiger partial charge in [-0.15, -0.1) is 0 Å². The second-order valence-corrected chi connectivity index (χ2v) is 6.02. The van der Waals surface area contributed by atoms with Crippen molar-refractivity contribution in [2.75, 3.05) is 16.4 Å². The second kappa shape index (κ2) is 7.63. The van der Waals surface area contributed by atoms with Crippen LogP contribution < -0.4 is 16.4 Å². The molecule has 4 aromatic rings. The molecule has 0 aliphatic heterocycles. The highest BCUT2D eigenvalue weighted by Crippen LogP contribution is 2.22. The zero-order valence-electron chi connectivity index (χ0n) is 14.8. The van der Waals surface area contributed by atoms with E-state index in [0.717, 1.165) is 16.9 Å². The van der Waals surface area contributed by atoms with Crippen LogP contribution in [0.4, 0.5) is 23.0 Å². The molecular weight excluding hydrogens is 354 g/mol. The van der Waals surface area contributed by atoms with Crippen LogP contribution in [0.25, 0.3) is 11.3 Å². The molecule has 0 aliphatic rings. The predicted octanol–water partition coefficient (Wildman–Crippen LogP) is 4.31. The van der Waals surface area contributed by atoms with Crippen LogP contribution in [0.3, 0.4) is 0 Å². The fraction of sp³-hybridized carbons (Fsp3) is 0. The fourth-order valence-corrected chi connectivity index (χ4v) is 2.65. The lowest BCUT2D eigenvalue weighted by molar-refractivity contribution is 0.0996. The van der Waals surface area contributed by atoms with Crippen molar-refractivity contribution in [3.63, 3.8) is 0 Å². The third kappa shape index (κ3) is 3.99. The van der Waals surface area contributed by atoms with Gasteiger partial charge in [-0.2, -0.15) is 0 Å². The van der Waals surface area contributed by atoms with Gasteiger partial charge in [0.1, 0.15) is 0 Å². The lowest BCUT2D eigenvalue weighted by Gasteiger charge is -2.08. The molecule has 0 spiro atoms. The molecule has 2 aromatic carbocycles. The topological polar surface area (TPSA) is 106 Å². The van der Waals surface area contributed by atoms with E-state index in [9.17, 15) is 4.79 Å². The maximum atomic E-state index is 12.0. The van der Waals surface area contributed by atoms with Crippen molar-refractivity contribution in [3.8, 4) is 11.3 Å². The SMILES string of the molecule is Nc1cccc(Nc2nccc(-c3ccc(NC(=O)c4ccco4)cc3)n2)c1. The molecule has 0 aliphatic carbocycles. The molecule has 0 fully saturated rings. The first kappa shape index (κ1) is 17.3. The van der Waals surface area contributed by atoms with Crippen molar-refractivity contribution in [1.82, 2.24) is 9.97 Å². The summed E-state index contributed by atoms with van der Waals surface area (Å²) in [5, 5.41) is 5.92. The van der Waals surface area contributed by atoms with Gasteiger partial charge in [-0.1, -0.05) is 18.2 Å². The number of hydrogen-bond acceptors (Lipinski definition) is 6. The molecule has 2 aromatic heterocycles. The molecule has 7 heteroatoms. The molecule has 1 amide bonds. The normalized spacial score (nSPS) is 10.4. The van der Waals surface area contributed by atoms with Gasteiger partial charge in [-0.25, -0.2) is 9.97 Å². The summed E-state index contributed by atoms with van der Waals surface area (Å²) in [5.74, 6) is 0.434. The van der Waals surface area contributed by atoms with Gasteiger partial charge in [0.2, 0.25) is 5.95 Å². The summed E-state index contributed by atoms with van der Waals surface area (Å²) in [7, 11) is 0. The summed E-state index contributed by atoms with van der Waals surface area (Å²) in [6.07, 6.45) is 3.14. The largest absolute Gasteiger partial charge is 0.459 e. The van der Waals surface area contributed by atoms with Gasteiger partial charge >= 0.3 is 0 Å². The third-order valence-corrected chi connectivity index (χ3v) is 3.98. The molecule has 0 radical (unpaired) electrons. The zero-order chi connectivity index (χ0) is 19.3. The maximum Gasteiger partial charge on any atom is 0.291 e. The minimum Gasteiger partial charge on any atom is -0.459 e. The minimum absolute atomic E-state index is 0.261. The van der Waals surface area contributed by atoms with Crippen LogP contribution in [-0.2, 0) is 0 Å². The van der Waals surface area contributed by atoms with E-state index < -0.39 is 0 Å². The average molecular weight is 371 g/mol. The summed E-state index contributed by atoms with van der Waals surface area (Å²) in [6, 6.07) is 19.9. The quantitative estimate of drug-likeness (QED) is 0.451. The van der Waals surface area contributed by atoms with Crippen LogP contribution in [0, 0.1) is 0 Å². The van der Waals surface area contributed by atoms with E-state index in [2.05, 4.69) is 20.6 Å². The highest BCUT2D eigenvalue weighted by molar-refractivity contribution is 6.02. The van der Waals surface area contributed by atoms with Gasteiger partial charge in [-0.3, -0.25) is 4.79 Å². The van der Waals surface area contributed by atoms with Gasteiger partial charge in [0, 0.05) is 28.8 Å². The Morgan fingerprint density at radius 2 is 1.82 bits per heavy atom. The van der Waals surface area contributed by atoms with Crippen molar-refractivity contribution in [2.45, 2.75) is 0 Å². The molecule has 2 heterocycles. The van der Waals surface area contributed by atoms with Crippen LogP contribution in [0.2, 0.25) is 0 Å². The van der Waals surface area contributed by atoms with Crippen LogP contribution in [-0.4, -0.2) is 15.9 Å². The molecular formula is C21H17N5O2. The fourth-order valence-electron chi connectivity index (χ4n) is 2.65. The van der Waals surface area contributed by atoms with E-state index in [1.165, 1.54) is 6.26 Å². The first-order valence-corrected chi connectivity index (χ1v) is 8.58. The minimum atomic E-state index is -0.298. The first-order valence-electron chi connectivity index (χ1n) is 8.58. The Kier molecular flexibility index (Phi) is 4.71. The Hall–Kier alpha value is -4.13. The number of aromatic nitrogens is 2. The standard InChI is InChI=1S/C21H17N5O2/c22-15-3-1-4-17(13-15)25-21-23-11-10-18(26-21)14-6-8-16(9-7-14)24-20(27)19-5-2-12-28-19/h1-13H,22H2,(H,24,27)(H,23,25,26). The average Bonchev–Trinajstić information content (AvgIpc) is 3.24. The molecule has 7 nitrogen and oxygen atoms in total. The Balaban J connectivity index is 1.49. The van der Waals surface area contributed by atoms with E-state index in [1.807, 2.05) is 54.6 Å². The zero-order valence-corrected chi connectivity index (χ0v) is 14.8. The van der Waals surface area contributed by atoms with Gasteiger partial charge in [-0.05, 0) is 48.5 Å². The Bertz CT molecular complexity index is 1090. The molecule has 4 rings (SSSR count). The number of nitrogens with one attached hydrogen (secondary N) is 2.